The van der Waals surface area contributed by atoms with Crippen LogP contribution in [0.4, 0.5) is 0 Å². The molecule has 0 radical (unpaired) electrons. The van der Waals surface area contributed by atoms with Gasteiger partial charge in [0.15, 0.2) is 0 Å². The normalized spacial score (nSPS) is 11.7. The summed E-state index contributed by atoms with van der Waals surface area (Å²) in [6.45, 7) is 10.2. The maximum absolute atomic E-state index is 3.84. The summed E-state index contributed by atoms with van der Waals surface area (Å²) in [5, 5.41) is 0. The van der Waals surface area contributed by atoms with E-state index in [1.807, 2.05) is 6.92 Å². The summed E-state index contributed by atoms with van der Waals surface area (Å²) < 4.78 is 0. The van der Waals surface area contributed by atoms with Gasteiger partial charge in [0.1, 0.15) is 0 Å². The Hall–Kier alpha value is -0.520. The van der Waals surface area contributed by atoms with E-state index in [-0.39, 0.29) is 0 Å². The highest BCUT2D eigenvalue weighted by atomic mass is 13.9. The Morgan fingerprint density at radius 2 is 2.00 bits per heavy atom. The van der Waals surface area contributed by atoms with Crippen LogP contribution in [0.15, 0.2) is 23.8 Å². The molecule has 0 bridgehead atoms. The minimum Gasteiger partial charge on any atom is -0.0959 e. The predicted octanol–water partition coefficient (Wildman–Crippen LogP) is 3.31. The summed E-state index contributed by atoms with van der Waals surface area (Å²) in [6, 6.07) is 0. The fourth-order valence-corrected chi connectivity index (χ4v) is 0.535. The fourth-order valence-electron chi connectivity index (χ4n) is 0.535. The summed E-state index contributed by atoms with van der Waals surface area (Å²) >= 11 is 0. The Morgan fingerprint density at radius 1 is 1.44 bits per heavy atom. The molecule has 0 atom stereocenters. The molecule has 0 heteroatoms. The van der Waals surface area contributed by atoms with Crippen molar-refractivity contribution in [3.8, 4) is 0 Å². The highest BCUT2D eigenvalue weighted by Crippen LogP contribution is 2.06. The van der Waals surface area contributed by atoms with Crippen molar-refractivity contribution in [3.63, 3.8) is 0 Å². The van der Waals surface area contributed by atoms with Crippen molar-refractivity contribution in [1.29, 1.82) is 0 Å². The van der Waals surface area contributed by atoms with Crippen LogP contribution in [0.25, 0.3) is 0 Å². The molecule has 52 valence electrons. The molecule has 0 N–H and O–H groups in total. The fraction of sp³-hybridized carbons (Fsp3) is 0.556. The van der Waals surface area contributed by atoms with E-state index in [4.69, 9.17) is 0 Å². The number of hydrogen-bond donors (Lipinski definition) is 0. The molecule has 0 aliphatic heterocycles. The highest BCUT2D eigenvalue weighted by Gasteiger charge is 1.85. The van der Waals surface area contributed by atoms with Crippen molar-refractivity contribution >= 4 is 0 Å². The minimum atomic E-state index is 1.18. The molecule has 0 aliphatic carbocycles. The first-order valence-electron chi connectivity index (χ1n) is 3.51. The molecule has 0 spiro atoms. The largest absolute Gasteiger partial charge is 0.0959 e. The van der Waals surface area contributed by atoms with Gasteiger partial charge in [-0.25, -0.2) is 0 Å². The van der Waals surface area contributed by atoms with Crippen LogP contribution in [0, 0.1) is 0 Å². The summed E-state index contributed by atoms with van der Waals surface area (Å²) in [5.74, 6) is 0. The summed E-state index contributed by atoms with van der Waals surface area (Å²) in [4.78, 5) is 0. The lowest BCUT2D eigenvalue weighted by Gasteiger charge is -1.96. The molecule has 0 aromatic heterocycles. The van der Waals surface area contributed by atoms with Crippen molar-refractivity contribution < 1.29 is 0 Å². The zero-order valence-corrected chi connectivity index (χ0v) is 6.70. The highest BCUT2D eigenvalue weighted by molar-refractivity contribution is 5.23. The zero-order valence-electron chi connectivity index (χ0n) is 6.70. The van der Waals surface area contributed by atoms with E-state index in [9.17, 15) is 0 Å². The van der Waals surface area contributed by atoms with E-state index in [2.05, 4.69) is 26.5 Å². The van der Waals surface area contributed by atoms with Gasteiger partial charge in [0.05, 0.1) is 0 Å². The lowest BCUT2D eigenvalue weighted by Crippen LogP contribution is -1.75. The van der Waals surface area contributed by atoms with E-state index in [1.54, 1.807) is 0 Å². The SMILES string of the molecule is C=C(C)C(C)=CCCC. The number of allylic oxidation sites excluding steroid dienone is 3. The Bertz CT molecular complexity index is 118. The molecule has 0 fully saturated rings. The Balaban J connectivity index is 3.69. The van der Waals surface area contributed by atoms with Gasteiger partial charge in [0.25, 0.3) is 0 Å². The third-order valence-corrected chi connectivity index (χ3v) is 1.41. The topological polar surface area (TPSA) is 0 Å². The second-order valence-corrected chi connectivity index (χ2v) is 2.46. The monoisotopic (exact) mass is 124 g/mol. The van der Waals surface area contributed by atoms with Crippen LogP contribution in [-0.2, 0) is 0 Å². The number of hydrogen-bond acceptors (Lipinski definition) is 0. The molecule has 0 amide bonds. The molecule has 0 unspecified atom stereocenters. The first kappa shape index (κ1) is 8.48. The van der Waals surface area contributed by atoms with E-state index >= 15 is 0 Å². The standard InChI is InChI=1S/C9H16/c1-5-6-7-9(4)8(2)3/h7H,2,5-6H2,1,3-4H3. The number of unbranched alkanes of at least 4 members (excludes halogenated alkanes) is 1. The van der Waals surface area contributed by atoms with Gasteiger partial charge in [-0.05, 0) is 20.3 Å². The van der Waals surface area contributed by atoms with Crippen LogP contribution in [0.3, 0.4) is 0 Å². The Labute approximate surface area is 58.3 Å². The smallest absolute Gasteiger partial charge is 0.0348 e. The van der Waals surface area contributed by atoms with Crippen molar-refractivity contribution in [3.05, 3.63) is 23.8 Å². The van der Waals surface area contributed by atoms with Crippen molar-refractivity contribution in [1.82, 2.24) is 0 Å². The molecular weight excluding hydrogens is 108 g/mol. The molecule has 0 aliphatic rings. The molecular formula is C9H16. The predicted molar refractivity (Wildman–Crippen MR) is 43.5 cm³/mol. The second-order valence-electron chi connectivity index (χ2n) is 2.46. The third-order valence-electron chi connectivity index (χ3n) is 1.41. The van der Waals surface area contributed by atoms with Crippen LogP contribution >= 0.6 is 0 Å². The van der Waals surface area contributed by atoms with Crippen molar-refractivity contribution in [2.24, 2.45) is 0 Å². The first-order chi connectivity index (χ1) is 4.18. The lowest BCUT2D eigenvalue weighted by atomic mass is 10.1. The lowest BCUT2D eigenvalue weighted by molar-refractivity contribution is 0.949. The molecule has 0 rings (SSSR count). The average molecular weight is 124 g/mol. The van der Waals surface area contributed by atoms with Crippen LogP contribution in [0.5, 0.6) is 0 Å². The zero-order chi connectivity index (χ0) is 7.28. The van der Waals surface area contributed by atoms with Gasteiger partial charge in [-0.15, -0.1) is 0 Å². The van der Waals surface area contributed by atoms with Gasteiger partial charge in [-0.1, -0.05) is 37.1 Å². The van der Waals surface area contributed by atoms with Gasteiger partial charge in [0, 0.05) is 0 Å². The number of rotatable bonds is 3. The molecule has 0 heterocycles. The summed E-state index contributed by atoms with van der Waals surface area (Å²) in [6.07, 6.45) is 4.64. The summed E-state index contributed by atoms with van der Waals surface area (Å²) in [5.41, 5.74) is 2.51. The Kier molecular flexibility index (Phi) is 4.12. The second kappa shape index (κ2) is 4.37. The average Bonchev–Trinajstić information content (AvgIpc) is 1.82. The van der Waals surface area contributed by atoms with Crippen molar-refractivity contribution in [2.45, 2.75) is 33.6 Å². The van der Waals surface area contributed by atoms with E-state index in [0.29, 0.717) is 0 Å². The van der Waals surface area contributed by atoms with Crippen molar-refractivity contribution in [2.75, 3.05) is 0 Å². The maximum atomic E-state index is 3.84. The maximum Gasteiger partial charge on any atom is -0.0348 e. The summed E-state index contributed by atoms with van der Waals surface area (Å²) in [7, 11) is 0. The van der Waals surface area contributed by atoms with E-state index < -0.39 is 0 Å². The molecule has 0 aromatic rings. The van der Waals surface area contributed by atoms with Gasteiger partial charge < -0.3 is 0 Å². The first-order valence-corrected chi connectivity index (χ1v) is 3.51. The minimum absolute atomic E-state index is 1.18. The van der Waals surface area contributed by atoms with Gasteiger partial charge in [0.2, 0.25) is 0 Å². The van der Waals surface area contributed by atoms with E-state index in [1.165, 1.54) is 24.0 Å². The quantitative estimate of drug-likeness (QED) is 0.506. The Morgan fingerprint density at radius 3 is 2.33 bits per heavy atom. The van der Waals surface area contributed by atoms with Crippen LogP contribution in [-0.4, -0.2) is 0 Å². The van der Waals surface area contributed by atoms with Gasteiger partial charge >= 0.3 is 0 Å². The molecule has 0 saturated carbocycles. The van der Waals surface area contributed by atoms with Crippen LogP contribution in [0.1, 0.15) is 33.6 Å². The van der Waals surface area contributed by atoms with Crippen LogP contribution < -0.4 is 0 Å². The van der Waals surface area contributed by atoms with Gasteiger partial charge in [-0.3, -0.25) is 0 Å². The van der Waals surface area contributed by atoms with Crippen LogP contribution in [0.2, 0.25) is 0 Å². The molecule has 0 saturated heterocycles. The molecule has 0 nitrogen and oxygen atoms in total. The third kappa shape index (κ3) is 4.01. The van der Waals surface area contributed by atoms with Gasteiger partial charge in [-0.2, -0.15) is 0 Å². The molecule has 9 heavy (non-hydrogen) atoms. The van der Waals surface area contributed by atoms with E-state index in [0.717, 1.165) is 0 Å². The molecule has 0 aromatic carbocycles.